The number of carbonyl (C=O) groups excluding carboxylic acids is 2. The van der Waals surface area contributed by atoms with E-state index in [0.717, 1.165) is 29.1 Å². The summed E-state index contributed by atoms with van der Waals surface area (Å²) in [5, 5.41) is 5.94. The van der Waals surface area contributed by atoms with Crippen molar-refractivity contribution in [2.24, 2.45) is 5.92 Å². The van der Waals surface area contributed by atoms with Gasteiger partial charge < -0.3 is 10.6 Å². The van der Waals surface area contributed by atoms with Gasteiger partial charge in [0.2, 0.25) is 5.91 Å². The molecule has 0 radical (unpaired) electrons. The standard InChI is InChI=1S/C22H25FN2O2S/c1-14-5-3-4-6-19(14)25-22(27)16-7-12-21(20(13-16)24-15(2)26)28-18-10-8-17(23)9-11-18/h7-14,19H,3-6H2,1-2H3,(H,24,26)(H,25,27). The predicted molar refractivity (Wildman–Crippen MR) is 110 cm³/mol. The fourth-order valence-corrected chi connectivity index (χ4v) is 4.34. The second-order valence-electron chi connectivity index (χ2n) is 7.29. The van der Waals surface area contributed by atoms with Gasteiger partial charge in [0, 0.05) is 28.3 Å². The van der Waals surface area contributed by atoms with Crippen molar-refractivity contribution in [3.05, 3.63) is 53.8 Å². The van der Waals surface area contributed by atoms with Gasteiger partial charge in [-0.2, -0.15) is 0 Å². The molecule has 1 aliphatic carbocycles. The summed E-state index contributed by atoms with van der Waals surface area (Å²) in [4.78, 5) is 26.0. The Labute approximate surface area is 169 Å². The first-order chi connectivity index (χ1) is 13.4. The Balaban J connectivity index is 1.79. The average Bonchev–Trinajstić information content (AvgIpc) is 2.66. The Kier molecular flexibility index (Phi) is 6.73. The third-order valence-corrected chi connectivity index (χ3v) is 6.11. The molecule has 1 aliphatic rings. The van der Waals surface area contributed by atoms with Crippen molar-refractivity contribution in [2.75, 3.05) is 5.32 Å². The molecule has 2 unspecified atom stereocenters. The third-order valence-electron chi connectivity index (χ3n) is 5.02. The summed E-state index contributed by atoms with van der Waals surface area (Å²) in [5.41, 5.74) is 1.09. The van der Waals surface area contributed by atoms with Crippen LogP contribution in [0, 0.1) is 11.7 Å². The Morgan fingerprint density at radius 2 is 1.79 bits per heavy atom. The lowest BCUT2D eigenvalue weighted by Gasteiger charge is -2.29. The molecule has 148 valence electrons. The van der Waals surface area contributed by atoms with Gasteiger partial charge in [0.15, 0.2) is 0 Å². The molecule has 6 heteroatoms. The smallest absolute Gasteiger partial charge is 0.251 e. The van der Waals surface area contributed by atoms with Gasteiger partial charge in [0.05, 0.1) is 5.69 Å². The molecule has 3 rings (SSSR count). The topological polar surface area (TPSA) is 58.2 Å². The zero-order valence-electron chi connectivity index (χ0n) is 16.1. The van der Waals surface area contributed by atoms with Crippen LogP contribution in [0.15, 0.2) is 52.3 Å². The molecule has 2 aromatic carbocycles. The second kappa shape index (κ2) is 9.24. The fourth-order valence-electron chi connectivity index (χ4n) is 3.46. The van der Waals surface area contributed by atoms with E-state index in [1.165, 1.54) is 37.2 Å². The minimum absolute atomic E-state index is 0.122. The van der Waals surface area contributed by atoms with Crippen LogP contribution in [-0.4, -0.2) is 17.9 Å². The Bertz CT molecular complexity index is 854. The number of amides is 2. The van der Waals surface area contributed by atoms with Crippen LogP contribution >= 0.6 is 11.8 Å². The van der Waals surface area contributed by atoms with Crippen LogP contribution in [0.25, 0.3) is 0 Å². The van der Waals surface area contributed by atoms with Gasteiger partial charge >= 0.3 is 0 Å². The molecule has 4 nitrogen and oxygen atoms in total. The molecule has 1 saturated carbocycles. The summed E-state index contributed by atoms with van der Waals surface area (Å²) in [5.74, 6) is -0.153. The minimum atomic E-state index is -0.296. The summed E-state index contributed by atoms with van der Waals surface area (Å²) >= 11 is 1.41. The van der Waals surface area contributed by atoms with Crippen molar-refractivity contribution in [3.8, 4) is 0 Å². The van der Waals surface area contributed by atoms with Gasteiger partial charge in [-0.25, -0.2) is 4.39 Å². The van der Waals surface area contributed by atoms with E-state index in [1.54, 1.807) is 24.3 Å². The SMILES string of the molecule is CC(=O)Nc1cc(C(=O)NC2CCCCC2C)ccc1Sc1ccc(F)cc1. The number of halogens is 1. The van der Waals surface area contributed by atoms with Crippen molar-refractivity contribution >= 4 is 29.3 Å². The van der Waals surface area contributed by atoms with Crippen molar-refractivity contribution in [2.45, 2.75) is 55.4 Å². The van der Waals surface area contributed by atoms with E-state index < -0.39 is 0 Å². The third kappa shape index (κ3) is 5.35. The molecule has 0 saturated heterocycles. The molecule has 28 heavy (non-hydrogen) atoms. The van der Waals surface area contributed by atoms with Crippen LogP contribution in [0.2, 0.25) is 0 Å². The highest BCUT2D eigenvalue weighted by Crippen LogP contribution is 2.34. The summed E-state index contributed by atoms with van der Waals surface area (Å²) in [7, 11) is 0. The van der Waals surface area contributed by atoms with E-state index in [9.17, 15) is 14.0 Å². The van der Waals surface area contributed by atoms with E-state index >= 15 is 0 Å². The lowest BCUT2D eigenvalue weighted by Crippen LogP contribution is -2.41. The maximum Gasteiger partial charge on any atom is 0.251 e. The van der Waals surface area contributed by atoms with E-state index in [1.807, 2.05) is 6.07 Å². The van der Waals surface area contributed by atoms with Crippen LogP contribution in [0.5, 0.6) is 0 Å². The molecule has 2 amide bonds. The van der Waals surface area contributed by atoms with Crippen LogP contribution in [-0.2, 0) is 4.79 Å². The molecule has 2 atom stereocenters. The van der Waals surface area contributed by atoms with Gasteiger partial charge in [0.1, 0.15) is 5.82 Å². The van der Waals surface area contributed by atoms with Crippen molar-refractivity contribution < 1.29 is 14.0 Å². The second-order valence-corrected chi connectivity index (χ2v) is 8.41. The van der Waals surface area contributed by atoms with E-state index in [-0.39, 0.29) is 23.7 Å². The zero-order valence-corrected chi connectivity index (χ0v) is 16.9. The average molecular weight is 401 g/mol. The van der Waals surface area contributed by atoms with E-state index in [0.29, 0.717) is 17.2 Å². The van der Waals surface area contributed by atoms with Crippen molar-refractivity contribution in [1.82, 2.24) is 5.32 Å². The number of rotatable bonds is 5. The van der Waals surface area contributed by atoms with Gasteiger partial charge in [-0.15, -0.1) is 0 Å². The maximum absolute atomic E-state index is 13.1. The highest BCUT2D eigenvalue weighted by Gasteiger charge is 2.23. The molecule has 2 aromatic rings. The maximum atomic E-state index is 13.1. The molecule has 0 bridgehead atoms. The lowest BCUT2D eigenvalue weighted by atomic mass is 9.86. The molecule has 0 aliphatic heterocycles. The van der Waals surface area contributed by atoms with E-state index in [2.05, 4.69) is 17.6 Å². The summed E-state index contributed by atoms with van der Waals surface area (Å²) in [6.07, 6.45) is 4.49. The molecule has 0 spiro atoms. The monoisotopic (exact) mass is 400 g/mol. The molecular weight excluding hydrogens is 375 g/mol. The number of carbonyl (C=O) groups is 2. The summed E-state index contributed by atoms with van der Waals surface area (Å²) in [6.45, 7) is 3.61. The highest BCUT2D eigenvalue weighted by molar-refractivity contribution is 7.99. The first-order valence-corrected chi connectivity index (χ1v) is 10.4. The van der Waals surface area contributed by atoms with Gasteiger partial charge in [-0.05, 0) is 61.2 Å². The highest BCUT2D eigenvalue weighted by atomic mass is 32.2. The number of benzene rings is 2. The minimum Gasteiger partial charge on any atom is -0.349 e. The molecule has 1 fully saturated rings. The largest absolute Gasteiger partial charge is 0.349 e. The molecular formula is C22H25FN2O2S. The predicted octanol–water partition coefficient (Wildman–Crippen LogP) is 5.24. The Morgan fingerprint density at radius 1 is 1.07 bits per heavy atom. The van der Waals surface area contributed by atoms with Crippen LogP contribution in [0.1, 0.15) is 49.9 Å². The van der Waals surface area contributed by atoms with Crippen LogP contribution in [0.4, 0.5) is 10.1 Å². The van der Waals surface area contributed by atoms with Crippen LogP contribution in [0.3, 0.4) is 0 Å². The van der Waals surface area contributed by atoms with Gasteiger partial charge in [-0.1, -0.05) is 31.5 Å². The molecule has 2 N–H and O–H groups in total. The van der Waals surface area contributed by atoms with Crippen molar-refractivity contribution in [3.63, 3.8) is 0 Å². The van der Waals surface area contributed by atoms with Crippen molar-refractivity contribution in [1.29, 1.82) is 0 Å². The Hall–Kier alpha value is -2.34. The molecule has 0 heterocycles. The quantitative estimate of drug-likeness (QED) is 0.721. The summed E-state index contributed by atoms with van der Waals surface area (Å²) in [6, 6.07) is 11.6. The van der Waals surface area contributed by atoms with Crippen LogP contribution < -0.4 is 10.6 Å². The first-order valence-electron chi connectivity index (χ1n) is 9.58. The van der Waals surface area contributed by atoms with E-state index in [4.69, 9.17) is 0 Å². The Morgan fingerprint density at radius 3 is 2.46 bits per heavy atom. The number of hydrogen-bond acceptors (Lipinski definition) is 3. The normalized spacial score (nSPS) is 19.1. The molecule has 0 aromatic heterocycles. The lowest BCUT2D eigenvalue weighted by molar-refractivity contribution is -0.114. The fraction of sp³-hybridized carbons (Fsp3) is 0.364. The number of nitrogens with one attached hydrogen (secondary N) is 2. The first kappa shape index (κ1) is 20.4. The zero-order chi connectivity index (χ0) is 20.1. The van der Waals surface area contributed by atoms with Gasteiger partial charge in [-0.3, -0.25) is 9.59 Å². The number of hydrogen-bond donors (Lipinski definition) is 2. The van der Waals surface area contributed by atoms with Gasteiger partial charge in [0.25, 0.3) is 5.91 Å². The summed E-state index contributed by atoms with van der Waals surface area (Å²) < 4.78 is 13.1. The number of anilines is 1.